The summed E-state index contributed by atoms with van der Waals surface area (Å²) < 4.78 is 1.77. The van der Waals surface area contributed by atoms with Crippen molar-refractivity contribution in [3.8, 4) is 11.1 Å². The molecule has 0 atom stereocenters. The molecule has 0 fully saturated rings. The molecule has 0 bridgehead atoms. The number of rotatable bonds is 3. The fourth-order valence-electron chi connectivity index (χ4n) is 3.34. The number of anilines is 1. The molecule has 0 aliphatic carbocycles. The zero-order valence-electron chi connectivity index (χ0n) is 15.7. The van der Waals surface area contributed by atoms with E-state index in [-0.39, 0.29) is 5.91 Å². The van der Waals surface area contributed by atoms with Crippen LogP contribution in [0.4, 0.5) is 5.82 Å². The molecule has 0 aliphatic heterocycles. The van der Waals surface area contributed by atoms with E-state index in [1.807, 2.05) is 68.0 Å². The molecule has 0 aliphatic rings. The summed E-state index contributed by atoms with van der Waals surface area (Å²) in [5.41, 5.74) is 3.46. The van der Waals surface area contributed by atoms with E-state index >= 15 is 0 Å². The zero-order valence-corrected chi connectivity index (χ0v) is 15.7. The Morgan fingerprint density at radius 2 is 1.76 bits per heavy atom. The van der Waals surface area contributed by atoms with E-state index in [1.54, 1.807) is 17.1 Å². The second kappa shape index (κ2) is 6.83. The minimum Gasteiger partial charge on any atom is -0.306 e. The van der Waals surface area contributed by atoms with Gasteiger partial charge in [0.05, 0.1) is 17.3 Å². The lowest BCUT2D eigenvalue weighted by atomic mass is 10.1. The smallest absolute Gasteiger partial charge is 0.258 e. The van der Waals surface area contributed by atoms with Crippen LogP contribution in [-0.2, 0) is 7.05 Å². The highest BCUT2D eigenvalue weighted by molar-refractivity contribution is 6.06. The summed E-state index contributed by atoms with van der Waals surface area (Å²) in [5, 5.41) is 10.0. The van der Waals surface area contributed by atoms with Crippen molar-refractivity contribution in [1.82, 2.24) is 19.7 Å². The van der Waals surface area contributed by atoms with Crippen molar-refractivity contribution in [2.24, 2.45) is 7.05 Å². The first kappa shape index (κ1) is 17.1. The van der Waals surface area contributed by atoms with E-state index in [4.69, 9.17) is 0 Å². The molecular formula is C23H17N5O. The summed E-state index contributed by atoms with van der Waals surface area (Å²) >= 11 is 0. The van der Waals surface area contributed by atoms with Gasteiger partial charge in [-0.05, 0) is 35.2 Å². The van der Waals surface area contributed by atoms with Crippen LogP contribution in [0.1, 0.15) is 10.4 Å². The van der Waals surface area contributed by atoms with E-state index in [1.165, 1.54) is 0 Å². The van der Waals surface area contributed by atoms with Crippen molar-refractivity contribution < 1.29 is 4.79 Å². The van der Waals surface area contributed by atoms with Gasteiger partial charge in [0, 0.05) is 42.0 Å². The molecule has 140 valence electrons. The second-order valence-electron chi connectivity index (χ2n) is 6.90. The lowest BCUT2D eigenvalue weighted by molar-refractivity contribution is 0.102. The molecule has 1 amide bonds. The van der Waals surface area contributed by atoms with Crippen LogP contribution in [0.25, 0.3) is 32.8 Å². The Hall–Kier alpha value is -4.06. The van der Waals surface area contributed by atoms with Crippen molar-refractivity contribution in [3.63, 3.8) is 0 Å². The molecule has 0 unspecified atom stereocenters. The van der Waals surface area contributed by atoms with Gasteiger partial charge in [0.25, 0.3) is 5.91 Å². The van der Waals surface area contributed by atoms with Gasteiger partial charge in [-0.3, -0.25) is 14.5 Å². The first-order valence-corrected chi connectivity index (χ1v) is 9.21. The first-order chi connectivity index (χ1) is 14.2. The summed E-state index contributed by atoms with van der Waals surface area (Å²) in [6, 6.07) is 17.5. The summed E-state index contributed by atoms with van der Waals surface area (Å²) in [5.74, 6) is 0.262. The van der Waals surface area contributed by atoms with Gasteiger partial charge in [-0.2, -0.15) is 5.10 Å². The standard InChI is InChI=1S/C23H17N5O/c1-28-14-20(13-26-28)15-6-7-17-11-25-22(10-18(17)8-15)27-23(29)19-9-16-4-2-3-5-21(16)24-12-19/h2-14H,1H3,(H,25,27,29). The van der Waals surface area contributed by atoms with Crippen LogP contribution in [0.2, 0.25) is 0 Å². The van der Waals surface area contributed by atoms with Gasteiger partial charge in [0.2, 0.25) is 0 Å². The molecule has 6 heteroatoms. The van der Waals surface area contributed by atoms with Gasteiger partial charge in [-0.15, -0.1) is 0 Å². The highest BCUT2D eigenvalue weighted by Crippen LogP contribution is 2.25. The maximum Gasteiger partial charge on any atom is 0.258 e. The number of carbonyl (C=O) groups is 1. The molecule has 0 saturated carbocycles. The number of amides is 1. The Labute approximate surface area is 166 Å². The fourth-order valence-corrected chi connectivity index (χ4v) is 3.34. The normalized spacial score (nSPS) is 11.1. The van der Waals surface area contributed by atoms with Crippen LogP contribution in [0.5, 0.6) is 0 Å². The number of benzene rings is 2. The molecule has 0 radical (unpaired) electrons. The average Bonchev–Trinajstić information content (AvgIpc) is 3.19. The highest BCUT2D eigenvalue weighted by atomic mass is 16.1. The van der Waals surface area contributed by atoms with E-state index < -0.39 is 0 Å². The van der Waals surface area contributed by atoms with Crippen LogP contribution >= 0.6 is 0 Å². The van der Waals surface area contributed by atoms with Gasteiger partial charge in [0.15, 0.2) is 0 Å². The van der Waals surface area contributed by atoms with Crippen LogP contribution in [0.3, 0.4) is 0 Å². The van der Waals surface area contributed by atoms with Crippen molar-refractivity contribution in [1.29, 1.82) is 0 Å². The van der Waals surface area contributed by atoms with Crippen molar-refractivity contribution in [2.45, 2.75) is 0 Å². The predicted molar refractivity (Wildman–Crippen MR) is 114 cm³/mol. The largest absolute Gasteiger partial charge is 0.306 e. The summed E-state index contributed by atoms with van der Waals surface area (Å²) in [4.78, 5) is 21.4. The molecular weight excluding hydrogens is 362 g/mol. The molecule has 5 rings (SSSR count). The van der Waals surface area contributed by atoms with Gasteiger partial charge >= 0.3 is 0 Å². The molecule has 0 saturated heterocycles. The van der Waals surface area contributed by atoms with Gasteiger partial charge in [-0.25, -0.2) is 4.98 Å². The second-order valence-corrected chi connectivity index (χ2v) is 6.90. The van der Waals surface area contributed by atoms with Crippen molar-refractivity contribution >= 4 is 33.4 Å². The molecule has 3 heterocycles. The van der Waals surface area contributed by atoms with E-state index in [9.17, 15) is 4.79 Å². The Morgan fingerprint density at radius 1 is 0.862 bits per heavy atom. The number of aryl methyl sites for hydroxylation is 1. The number of hydrogen-bond acceptors (Lipinski definition) is 4. The maximum absolute atomic E-state index is 12.7. The summed E-state index contributed by atoms with van der Waals surface area (Å²) in [7, 11) is 1.89. The number of pyridine rings is 2. The predicted octanol–water partition coefficient (Wildman–Crippen LogP) is 4.44. The van der Waals surface area contributed by atoms with Crippen molar-refractivity contribution in [2.75, 3.05) is 5.32 Å². The average molecular weight is 379 g/mol. The van der Waals surface area contributed by atoms with Gasteiger partial charge in [0.1, 0.15) is 5.82 Å². The molecule has 6 nitrogen and oxygen atoms in total. The maximum atomic E-state index is 12.7. The third-order valence-corrected chi connectivity index (χ3v) is 4.85. The minimum absolute atomic E-state index is 0.237. The summed E-state index contributed by atoms with van der Waals surface area (Å²) in [6.45, 7) is 0. The number of aromatic nitrogens is 4. The number of carbonyl (C=O) groups excluding carboxylic acids is 1. The minimum atomic E-state index is -0.237. The zero-order chi connectivity index (χ0) is 19.8. The molecule has 29 heavy (non-hydrogen) atoms. The number of nitrogens with one attached hydrogen (secondary N) is 1. The molecule has 1 N–H and O–H groups in total. The van der Waals surface area contributed by atoms with E-state index in [0.717, 1.165) is 32.8 Å². The number of nitrogens with zero attached hydrogens (tertiary/aromatic N) is 4. The Bertz CT molecular complexity index is 1370. The Balaban J connectivity index is 1.45. The lowest BCUT2D eigenvalue weighted by Gasteiger charge is -2.07. The quantitative estimate of drug-likeness (QED) is 0.503. The molecule has 3 aromatic heterocycles. The van der Waals surface area contributed by atoms with Crippen LogP contribution in [-0.4, -0.2) is 25.7 Å². The topological polar surface area (TPSA) is 72.7 Å². The number of para-hydroxylation sites is 1. The SMILES string of the molecule is Cn1cc(-c2ccc3cnc(NC(=O)c4cnc5ccccc5c4)cc3c2)cn1. The Kier molecular flexibility index (Phi) is 4.02. The molecule has 5 aromatic rings. The fraction of sp³-hybridized carbons (Fsp3) is 0.0435. The van der Waals surface area contributed by atoms with Crippen molar-refractivity contribution in [3.05, 3.63) is 84.9 Å². The monoisotopic (exact) mass is 379 g/mol. The van der Waals surface area contributed by atoms with E-state index in [2.05, 4.69) is 26.4 Å². The summed E-state index contributed by atoms with van der Waals surface area (Å²) in [6.07, 6.45) is 7.14. The highest BCUT2D eigenvalue weighted by Gasteiger charge is 2.10. The third-order valence-electron chi connectivity index (χ3n) is 4.85. The van der Waals surface area contributed by atoms with E-state index in [0.29, 0.717) is 11.4 Å². The van der Waals surface area contributed by atoms with Gasteiger partial charge < -0.3 is 5.32 Å². The van der Waals surface area contributed by atoms with Crippen LogP contribution in [0, 0.1) is 0 Å². The third kappa shape index (κ3) is 3.32. The number of fused-ring (bicyclic) bond motifs is 2. The van der Waals surface area contributed by atoms with Crippen LogP contribution in [0.15, 0.2) is 79.4 Å². The first-order valence-electron chi connectivity index (χ1n) is 9.21. The Morgan fingerprint density at radius 3 is 2.62 bits per heavy atom. The van der Waals surface area contributed by atoms with Gasteiger partial charge in [-0.1, -0.05) is 30.3 Å². The number of hydrogen-bond donors (Lipinski definition) is 1. The lowest BCUT2D eigenvalue weighted by Crippen LogP contribution is -2.13. The molecule has 0 spiro atoms. The van der Waals surface area contributed by atoms with Crippen LogP contribution < -0.4 is 5.32 Å². The molecule has 2 aromatic carbocycles.